The lowest BCUT2D eigenvalue weighted by atomic mass is 10.2. The summed E-state index contributed by atoms with van der Waals surface area (Å²) in [6.45, 7) is 3.99. The van der Waals surface area contributed by atoms with Gasteiger partial charge in [0.05, 0.1) is 28.6 Å². The van der Waals surface area contributed by atoms with E-state index in [-0.39, 0.29) is 18.0 Å². The second-order valence-corrected chi connectivity index (χ2v) is 7.20. The summed E-state index contributed by atoms with van der Waals surface area (Å²) in [4.78, 5) is 21.7. The SMILES string of the molecule is CCCNCc1cnc2cc(-n3ccc(OCc4ccc(F)cc4)cc3=O)ccc2n1. The first-order valence-electron chi connectivity index (χ1n) is 10.2. The van der Waals surface area contributed by atoms with E-state index in [1.54, 1.807) is 30.6 Å². The Labute approximate surface area is 179 Å². The van der Waals surface area contributed by atoms with Crippen LogP contribution in [0.3, 0.4) is 0 Å². The molecule has 0 radical (unpaired) electrons. The molecule has 0 aliphatic rings. The van der Waals surface area contributed by atoms with Gasteiger partial charge in [0, 0.05) is 18.8 Å². The molecule has 0 spiro atoms. The van der Waals surface area contributed by atoms with Gasteiger partial charge in [0.15, 0.2) is 0 Å². The number of pyridine rings is 1. The number of hydrogen-bond acceptors (Lipinski definition) is 5. The zero-order valence-corrected chi connectivity index (χ0v) is 17.2. The predicted molar refractivity (Wildman–Crippen MR) is 118 cm³/mol. The minimum Gasteiger partial charge on any atom is -0.489 e. The molecule has 6 nitrogen and oxygen atoms in total. The number of nitrogens with one attached hydrogen (secondary N) is 1. The Bertz CT molecular complexity index is 1240. The number of aromatic nitrogens is 3. The minimum absolute atomic E-state index is 0.218. The molecule has 158 valence electrons. The summed E-state index contributed by atoms with van der Waals surface area (Å²) >= 11 is 0. The Morgan fingerprint density at radius 3 is 2.68 bits per heavy atom. The lowest BCUT2D eigenvalue weighted by Gasteiger charge is -2.10. The van der Waals surface area contributed by atoms with E-state index in [1.165, 1.54) is 22.8 Å². The molecule has 0 unspecified atom stereocenters. The summed E-state index contributed by atoms with van der Waals surface area (Å²) in [7, 11) is 0. The fourth-order valence-corrected chi connectivity index (χ4v) is 3.18. The maximum Gasteiger partial charge on any atom is 0.258 e. The number of ether oxygens (including phenoxy) is 1. The standard InChI is InChI=1S/C24H23FN4O2/c1-2-10-26-14-19-15-27-23-12-20(7-8-22(23)28-19)29-11-9-21(13-24(29)30)31-16-17-3-5-18(25)6-4-17/h3-9,11-13,15,26H,2,10,14,16H2,1H3. The van der Waals surface area contributed by atoms with Gasteiger partial charge in [-0.3, -0.25) is 14.3 Å². The summed E-state index contributed by atoms with van der Waals surface area (Å²) < 4.78 is 20.2. The Hall–Kier alpha value is -3.58. The average molecular weight is 418 g/mol. The fourth-order valence-electron chi connectivity index (χ4n) is 3.18. The molecule has 2 heterocycles. The molecule has 0 aliphatic heterocycles. The van der Waals surface area contributed by atoms with Crippen LogP contribution in [0.2, 0.25) is 0 Å². The van der Waals surface area contributed by atoms with E-state index < -0.39 is 0 Å². The van der Waals surface area contributed by atoms with Crippen molar-refractivity contribution in [2.75, 3.05) is 6.54 Å². The van der Waals surface area contributed by atoms with E-state index in [4.69, 9.17) is 4.74 Å². The Morgan fingerprint density at radius 2 is 1.90 bits per heavy atom. The van der Waals surface area contributed by atoms with Gasteiger partial charge in [-0.1, -0.05) is 19.1 Å². The fraction of sp³-hybridized carbons (Fsp3) is 0.208. The van der Waals surface area contributed by atoms with E-state index in [0.29, 0.717) is 18.0 Å². The topological polar surface area (TPSA) is 69.0 Å². The first-order valence-corrected chi connectivity index (χ1v) is 10.2. The number of fused-ring (bicyclic) bond motifs is 1. The van der Waals surface area contributed by atoms with E-state index in [1.807, 2.05) is 18.2 Å². The summed E-state index contributed by atoms with van der Waals surface area (Å²) in [5, 5.41) is 3.31. The molecule has 0 saturated carbocycles. The minimum atomic E-state index is -0.296. The zero-order valence-electron chi connectivity index (χ0n) is 17.2. The molecule has 0 fully saturated rings. The van der Waals surface area contributed by atoms with Crippen LogP contribution in [0.4, 0.5) is 4.39 Å². The van der Waals surface area contributed by atoms with Crippen molar-refractivity contribution in [3.8, 4) is 11.4 Å². The quantitative estimate of drug-likeness (QED) is 0.438. The lowest BCUT2D eigenvalue weighted by molar-refractivity contribution is 0.305. The maximum atomic E-state index is 13.0. The van der Waals surface area contributed by atoms with Gasteiger partial charge < -0.3 is 10.1 Å². The van der Waals surface area contributed by atoms with Gasteiger partial charge in [0.1, 0.15) is 18.2 Å². The van der Waals surface area contributed by atoms with E-state index >= 15 is 0 Å². The molecule has 0 atom stereocenters. The van der Waals surface area contributed by atoms with Gasteiger partial charge in [-0.05, 0) is 54.9 Å². The third-order valence-electron chi connectivity index (χ3n) is 4.80. The van der Waals surface area contributed by atoms with Crippen molar-refractivity contribution in [2.45, 2.75) is 26.5 Å². The van der Waals surface area contributed by atoms with E-state index in [2.05, 4.69) is 22.2 Å². The summed E-state index contributed by atoms with van der Waals surface area (Å²) in [5.41, 5.74) is 3.70. The maximum absolute atomic E-state index is 13.0. The van der Waals surface area contributed by atoms with Crippen molar-refractivity contribution < 1.29 is 9.13 Å². The van der Waals surface area contributed by atoms with Gasteiger partial charge in [0.25, 0.3) is 5.56 Å². The number of hydrogen-bond donors (Lipinski definition) is 1. The van der Waals surface area contributed by atoms with Crippen molar-refractivity contribution >= 4 is 11.0 Å². The molecule has 4 aromatic rings. The Balaban J connectivity index is 1.49. The molecule has 31 heavy (non-hydrogen) atoms. The second-order valence-electron chi connectivity index (χ2n) is 7.20. The van der Waals surface area contributed by atoms with Crippen LogP contribution < -0.4 is 15.6 Å². The van der Waals surface area contributed by atoms with Crippen LogP contribution in [-0.2, 0) is 13.2 Å². The second kappa shape index (κ2) is 9.49. The first kappa shape index (κ1) is 20.7. The highest BCUT2D eigenvalue weighted by molar-refractivity contribution is 5.76. The van der Waals surface area contributed by atoms with Crippen LogP contribution in [0, 0.1) is 5.82 Å². The smallest absolute Gasteiger partial charge is 0.258 e. The molecule has 0 bridgehead atoms. The van der Waals surface area contributed by atoms with Gasteiger partial charge in [-0.25, -0.2) is 9.37 Å². The highest BCUT2D eigenvalue weighted by Crippen LogP contribution is 2.17. The molecule has 7 heteroatoms. The predicted octanol–water partition coefficient (Wildman–Crippen LogP) is 4.00. The van der Waals surface area contributed by atoms with Crippen molar-refractivity contribution in [3.05, 3.63) is 94.4 Å². The van der Waals surface area contributed by atoms with Crippen LogP contribution in [0.15, 0.2) is 71.8 Å². The normalized spacial score (nSPS) is 11.0. The molecule has 1 N–H and O–H groups in total. The van der Waals surface area contributed by atoms with E-state index in [9.17, 15) is 9.18 Å². The van der Waals surface area contributed by atoms with Crippen LogP contribution >= 0.6 is 0 Å². The summed E-state index contributed by atoms with van der Waals surface area (Å²) in [5.74, 6) is 0.159. The Kier molecular flexibility index (Phi) is 6.33. The molecule has 0 saturated heterocycles. The largest absolute Gasteiger partial charge is 0.489 e. The molecule has 2 aromatic heterocycles. The monoisotopic (exact) mass is 418 g/mol. The average Bonchev–Trinajstić information content (AvgIpc) is 2.79. The lowest BCUT2D eigenvalue weighted by Crippen LogP contribution is -2.17. The molecule has 2 aromatic carbocycles. The zero-order chi connectivity index (χ0) is 21.6. The number of halogens is 1. The molecule has 0 amide bonds. The first-order chi connectivity index (χ1) is 15.1. The molecule has 4 rings (SSSR count). The molecular weight excluding hydrogens is 395 g/mol. The number of nitrogens with zero attached hydrogens (tertiary/aromatic N) is 3. The number of benzene rings is 2. The number of rotatable bonds is 8. The Morgan fingerprint density at radius 1 is 1.06 bits per heavy atom. The van der Waals surface area contributed by atoms with Crippen molar-refractivity contribution in [1.82, 2.24) is 19.9 Å². The highest BCUT2D eigenvalue weighted by atomic mass is 19.1. The summed E-state index contributed by atoms with van der Waals surface area (Å²) in [6.07, 6.45) is 4.49. The van der Waals surface area contributed by atoms with Gasteiger partial charge in [-0.2, -0.15) is 0 Å². The highest BCUT2D eigenvalue weighted by Gasteiger charge is 2.06. The van der Waals surface area contributed by atoms with Crippen LogP contribution in [-0.4, -0.2) is 21.1 Å². The molecular formula is C24H23FN4O2. The van der Waals surface area contributed by atoms with Gasteiger partial charge >= 0.3 is 0 Å². The van der Waals surface area contributed by atoms with Crippen LogP contribution in [0.1, 0.15) is 24.6 Å². The van der Waals surface area contributed by atoms with Crippen LogP contribution in [0.25, 0.3) is 16.7 Å². The van der Waals surface area contributed by atoms with Gasteiger partial charge in [-0.15, -0.1) is 0 Å². The van der Waals surface area contributed by atoms with E-state index in [0.717, 1.165) is 35.3 Å². The summed E-state index contributed by atoms with van der Waals surface area (Å²) in [6, 6.07) is 14.8. The van der Waals surface area contributed by atoms with Crippen LogP contribution in [0.5, 0.6) is 5.75 Å². The molecule has 0 aliphatic carbocycles. The van der Waals surface area contributed by atoms with Crippen molar-refractivity contribution in [3.63, 3.8) is 0 Å². The van der Waals surface area contributed by atoms with Crippen molar-refractivity contribution in [2.24, 2.45) is 0 Å². The third kappa shape index (κ3) is 5.13. The third-order valence-corrected chi connectivity index (χ3v) is 4.80. The van der Waals surface area contributed by atoms with Gasteiger partial charge in [0.2, 0.25) is 0 Å². The van der Waals surface area contributed by atoms with Crippen molar-refractivity contribution in [1.29, 1.82) is 0 Å².